The Morgan fingerprint density at radius 1 is 0.920 bits per heavy atom. The van der Waals surface area contributed by atoms with Crippen molar-refractivity contribution >= 4 is 29.1 Å². The van der Waals surface area contributed by atoms with E-state index in [0.29, 0.717) is 17.3 Å². The maximum atomic E-state index is 14.5. The fourth-order valence-corrected chi connectivity index (χ4v) is 6.62. The number of rotatable bonds is 15. The molecule has 5 rings (SSSR count). The molecule has 264 valence electrons. The summed E-state index contributed by atoms with van der Waals surface area (Å²) in [7, 11) is 0. The molecule has 1 atom stereocenters. The Balaban J connectivity index is 1.23. The van der Waals surface area contributed by atoms with Crippen LogP contribution in [0.15, 0.2) is 73.1 Å². The van der Waals surface area contributed by atoms with Crippen LogP contribution in [-0.4, -0.2) is 69.2 Å². The first kappa shape index (κ1) is 36.6. The van der Waals surface area contributed by atoms with Crippen LogP contribution in [0.3, 0.4) is 0 Å². The SMILES string of the molecule is CCCCCCCOc1ccc(-c2cnc(-c3ccc(CC(NC(=O)c4ccc(C(C)(C)C)s4)C(=O)N4CC(F)(C(=O)O)C4)cc3)nc2)cc1. The molecule has 1 aliphatic heterocycles. The van der Waals surface area contributed by atoms with Gasteiger partial charge in [0.15, 0.2) is 5.82 Å². The number of nitrogens with zero attached hydrogens (tertiary/aromatic N) is 3. The summed E-state index contributed by atoms with van der Waals surface area (Å²) in [5.74, 6) is -1.19. The highest BCUT2D eigenvalue weighted by molar-refractivity contribution is 7.14. The molecule has 11 heteroatoms. The van der Waals surface area contributed by atoms with Crippen molar-refractivity contribution in [1.82, 2.24) is 20.2 Å². The average Bonchev–Trinajstić information content (AvgIpc) is 3.60. The van der Waals surface area contributed by atoms with Crippen molar-refractivity contribution in [3.05, 3.63) is 88.4 Å². The topological polar surface area (TPSA) is 122 Å². The number of hydrogen-bond acceptors (Lipinski definition) is 7. The molecular formula is C39H45FN4O5S. The van der Waals surface area contributed by atoms with Crippen molar-refractivity contribution in [3.63, 3.8) is 0 Å². The number of halogens is 1. The third-order valence-corrected chi connectivity index (χ3v) is 10.3. The van der Waals surface area contributed by atoms with Crippen molar-refractivity contribution in [1.29, 1.82) is 0 Å². The van der Waals surface area contributed by atoms with E-state index >= 15 is 0 Å². The van der Waals surface area contributed by atoms with Gasteiger partial charge in [0.25, 0.3) is 5.91 Å². The molecule has 1 fully saturated rings. The van der Waals surface area contributed by atoms with Gasteiger partial charge >= 0.3 is 5.97 Å². The lowest BCUT2D eigenvalue weighted by molar-refractivity contribution is -0.169. The number of carboxylic acid groups (broad SMARTS) is 1. The van der Waals surface area contributed by atoms with Crippen molar-refractivity contribution in [2.24, 2.45) is 0 Å². The highest BCUT2D eigenvalue weighted by Crippen LogP contribution is 2.31. The van der Waals surface area contributed by atoms with Gasteiger partial charge in [0.2, 0.25) is 11.6 Å². The maximum Gasteiger partial charge on any atom is 0.345 e. The number of likely N-dealkylation sites (tertiary alicyclic amines) is 1. The number of aliphatic carboxylic acids is 1. The Labute approximate surface area is 296 Å². The van der Waals surface area contributed by atoms with Crippen LogP contribution in [0, 0.1) is 0 Å². The summed E-state index contributed by atoms with van der Waals surface area (Å²) in [5.41, 5.74) is 0.750. The normalized spacial score (nSPS) is 14.5. The van der Waals surface area contributed by atoms with E-state index < -0.39 is 42.6 Å². The lowest BCUT2D eigenvalue weighted by Gasteiger charge is -2.42. The Kier molecular flexibility index (Phi) is 11.7. The third kappa shape index (κ3) is 9.12. The molecule has 2 aromatic heterocycles. The quantitative estimate of drug-likeness (QED) is 0.123. The second-order valence-corrected chi connectivity index (χ2v) is 15.0. The highest BCUT2D eigenvalue weighted by atomic mass is 32.1. The van der Waals surface area contributed by atoms with Gasteiger partial charge in [-0.25, -0.2) is 19.2 Å². The van der Waals surface area contributed by atoms with Crippen LogP contribution in [-0.2, 0) is 21.4 Å². The monoisotopic (exact) mass is 700 g/mol. The first-order valence-electron chi connectivity index (χ1n) is 17.1. The lowest BCUT2D eigenvalue weighted by atomic mass is 9.94. The van der Waals surface area contributed by atoms with Gasteiger partial charge < -0.3 is 20.1 Å². The number of nitrogens with one attached hydrogen (secondary N) is 1. The van der Waals surface area contributed by atoms with Gasteiger partial charge in [0.1, 0.15) is 11.8 Å². The summed E-state index contributed by atoms with van der Waals surface area (Å²) >= 11 is 1.35. The zero-order chi connectivity index (χ0) is 35.9. The molecule has 3 heterocycles. The van der Waals surface area contributed by atoms with E-state index in [1.807, 2.05) is 54.6 Å². The summed E-state index contributed by atoms with van der Waals surface area (Å²) in [6, 6.07) is 17.9. The molecule has 2 amide bonds. The molecule has 0 saturated carbocycles. The number of ether oxygens (including phenoxy) is 1. The number of amides is 2. The summed E-state index contributed by atoms with van der Waals surface area (Å²) < 4.78 is 20.4. The number of thiophene rings is 1. The number of benzene rings is 2. The van der Waals surface area contributed by atoms with E-state index in [1.54, 1.807) is 18.5 Å². The molecule has 2 N–H and O–H groups in total. The molecule has 0 aliphatic carbocycles. The predicted molar refractivity (Wildman–Crippen MR) is 193 cm³/mol. The number of carbonyl (C=O) groups is 3. The summed E-state index contributed by atoms with van der Waals surface area (Å²) in [6.45, 7) is 7.95. The van der Waals surface area contributed by atoms with E-state index in [2.05, 4.69) is 43.0 Å². The lowest BCUT2D eigenvalue weighted by Crippen LogP contribution is -2.67. The number of carboxylic acids is 1. The highest BCUT2D eigenvalue weighted by Gasteiger charge is 2.53. The van der Waals surface area contributed by atoms with Gasteiger partial charge in [0.05, 0.1) is 24.6 Å². The van der Waals surface area contributed by atoms with Gasteiger partial charge in [-0.1, -0.05) is 89.8 Å². The van der Waals surface area contributed by atoms with E-state index in [-0.39, 0.29) is 11.8 Å². The summed E-state index contributed by atoms with van der Waals surface area (Å²) in [6.07, 6.45) is 9.64. The molecule has 50 heavy (non-hydrogen) atoms. The molecule has 0 spiro atoms. The van der Waals surface area contributed by atoms with Gasteiger partial charge in [-0.3, -0.25) is 9.59 Å². The van der Waals surface area contributed by atoms with Gasteiger partial charge in [-0.2, -0.15) is 0 Å². The Hall–Kier alpha value is -4.64. The minimum absolute atomic E-state index is 0.129. The van der Waals surface area contributed by atoms with Crippen LogP contribution in [0.25, 0.3) is 22.5 Å². The van der Waals surface area contributed by atoms with Crippen LogP contribution >= 0.6 is 11.3 Å². The van der Waals surface area contributed by atoms with Crippen LogP contribution in [0.5, 0.6) is 5.75 Å². The van der Waals surface area contributed by atoms with Gasteiger partial charge in [-0.15, -0.1) is 11.3 Å². The Morgan fingerprint density at radius 3 is 2.16 bits per heavy atom. The standard InChI is InChI=1S/C39H45FN4O5S/c1-5-6-7-8-9-20-49-30-16-14-27(15-17-30)29-22-41-34(42-23-29)28-12-10-26(11-13-28)21-31(36(46)44-24-39(40,25-44)37(47)48)43-35(45)32-18-19-33(50-32)38(2,3)4/h10-19,22-23,31H,5-9,20-21,24-25H2,1-4H3,(H,43,45)(H,47,48). The van der Waals surface area contributed by atoms with Gasteiger partial charge in [-0.05, 0) is 47.2 Å². The minimum Gasteiger partial charge on any atom is -0.494 e. The molecular weight excluding hydrogens is 656 g/mol. The number of hydrogen-bond donors (Lipinski definition) is 2. The predicted octanol–water partition coefficient (Wildman–Crippen LogP) is 7.50. The fraction of sp³-hybridized carbons (Fsp3) is 0.410. The van der Waals surface area contributed by atoms with Crippen LogP contribution in [0.4, 0.5) is 4.39 Å². The van der Waals surface area contributed by atoms with E-state index in [4.69, 9.17) is 4.74 Å². The molecule has 1 saturated heterocycles. The second-order valence-electron chi connectivity index (χ2n) is 13.9. The Bertz CT molecular complexity index is 1760. The number of alkyl halides is 1. The zero-order valence-corrected chi connectivity index (χ0v) is 29.9. The zero-order valence-electron chi connectivity index (χ0n) is 29.1. The molecule has 0 radical (unpaired) electrons. The summed E-state index contributed by atoms with van der Waals surface area (Å²) in [4.78, 5) is 49.8. The Morgan fingerprint density at radius 2 is 1.56 bits per heavy atom. The second kappa shape index (κ2) is 15.9. The molecule has 0 bridgehead atoms. The van der Waals surface area contributed by atoms with Crippen LogP contribution in [0.1, 0.15) is 79.9 Å². The smallest absolute Gasteiger partial charge is 0.345 e. The average molecular weight is 701 g/mol. The van der Waals surface area contributed by atoms with Crippen LogP contribution in [0.2, 0.25) is 0 Å². The van der Waals surface area contributed by atoms with Crippen LogP contribution < -0.4 is 10.1 Å². The largest absolute Gasteiger partial charge is 0.494 e. The first-order valence-corrected chi connectivity index (χ1v) is 17.9. The van der Waals surface area contributed by atoms with Crippen molar-refractivity contribution in [2.45, 2.75) is 83.3 Å². The van der Waals surface area contributed by atoms with Crippen molar-refractivity contribution in [3.8, 4) is 28.3 Å². The van der Waals surface area contributed by atoms with E-state index in [0.717, 1.165) is 44.2 Å². The molecule has 1 aliphatic rings. The number of unbranched alkanes of at least 4 members (excludes halogenated alkanes) is 4. The molecule has 4 aromatic rings. The third-order valence-electron chi connectivity index (χ3n) is 8.76. The molecule has 1 unspecified atom stereocenters. The number of carbonyl (C=O) groups excluding carboxylic acids is 2. The maximum absolute atomic E-state index is 14.5. The fourth-order valence-electron chi connectivity index (χ4n) is 5.65. The van der Waals surface area contributed by atoms with E-state index in [9.17, 15) is 23.9 Å². The molecule has 9 nitrogen and oxygen atoms in total. The molecule has 2 aromatic carbocycles. The van der Waals surface area contributed by atoms with E-state index in [1.165, 1.54) is 37.0 Å². The minimum atomic E-state index is -2.48. The number of aromatic nitrogens is 2. The van der Waals surface area contributed by atoms with Crippen molar-refractivity contribution < 1.29 is 28.6 Å². The first-order chi connectivity index (χ1) is 23.9. The van der Waals surface area contributed by atoms with Crippen molar-refractivity contribution in [2.75, 3.05) is 19.7 Å². The summed E-state index contributed by atoms with van der Waals surface area (Å²) in [5, 5.41) is 12.0. The van der Waals surface area contributed by atoms with Gasteiger partial charge in [0, 0.05) is 34.8 Å².